The summed E-state index contributed by atoms with van der Waals surface area (Å²) in [7, 11) is -3.62. The van der Waals surface area contributed by atoms with E-state index in [4.69, 9.17) is 23.5 Å². The summed E-state index contributed by atoms with van der Waals surface area (Å²) in [6.07, 6.45) is 2.93. The average molecular weight is 433 g/mol. The van der Waals surface area contributed by atoms with Gasteiger partial charge in [0.2, 0.25) is 0 Å². The number of hydrogen-bond acceptors (Lipinski definition) is 7. The molecule has 9 heteroatoms. The van der Waals surface area contributed by atoms with Crippen molar-refractivity contribution in [2.75, 3.05) is 39.3 Å². The number of hydrogen-bond donors (Lipinski definition) is 1. The number of carboxylic acid groups (broad SMARTS) is 1. The number of benzene rings is 1. The van der Waals surface area contributed by atoms with Crippen LogP contribution in [-0.4, -0.2) is 58.8 Å². The van der Waals surface area contributed by atoms with Crippen LogP contribution in [0.4, 0.5) is 0 Å². The van der Waals surface area contributed by atoms with E-state index < -0.39 is 22.2 Å². The van der Waals surface area contributed by atoms with Crippen LogP contribution in [-0.2, 0) is 28.6 Å². The fourth-order valence-corrected chi connectivity index (χ4v) is 3.25. The molecule has 1 aromatic carbocycles. The molecule has 0 fully saturated rings. The van der Waals surface area contributed by atoms with Crippen LogP contribution in [0.25, 0.3) is 0 Å². The average Bonchev–Trinajstić information content (AvgIpc) is 2.65. The third-order valence-corrected chi connectivity index (χ3v) is 4.55. The summed E-state index contributed by atoms with van der Waals surface area (Å²) in [5, 5.41) is 8.68. The van der Waals surface area contributed by atoms with Gasteiger partial charge in [0.1, 0.15) is 18.5 Å². The zero-order valence-electron chi connectivity index (χ0n) is 17.2. The van der Waals surface area contributed by atoms with Gasteiger partial charge in [0.25, 0.3) is 10.1 Å². The zero-order valence-corrected chi connectivity index (χ0v) is 18.0. The summed E-state index contributed by atoms with van der Waals surface area (Å²) in [5.74, 6) is -0.175. The Morgan fingerprint density at radius 1 is 1.00 bits per heavy atom. The fraction of sp³-hybridized carbons (Fsp3) is 0.650. The van der Waals surface area contributed by atoms with Crippen molar-refractivity contribution in [2.45, 2.75) is 45.1 Å². The van der Waals surface area contributed by atoms with Gasteiger partial charge < -0.3 is 19.3 Å². The van der Waals surface area contributed by atoms with Crippen LogP contribution < -0.4 is 4.74 Å². The quantitative estimate of drug-likeness (QED) is 0.295. The van der Waals surface area contributed by atoms with Crippen LogP contribution in [0.5, 0.6) is 5.75 Å². The predicted octanol–water partition coefficient (Wildman–Crippen LogP) is 3.17. The van der Waals surface area contributed by atoms with Gasteiger partial charge >= 0.3 is 5.97 Å². The van der Waals surface area contributed by atoms with Gasteiger partial charge in [0.15, 0.2) is 0 Å². The first kappa shape index (κ1) is 25.4. The van der Waals surface area contributed by atoms with Crippen LogP contribution in [0.1, 0.15) is 50.7 Å². The molecule has 0 aromatic heterocycles. The van der Waals surface area contributed by atoms with Gasteiger partial charge in [0, 0.05) is 13.0 Å². The highest BCUT2D eigenvalue weighted by Crippen LogP contribution is 2.27. The van der Waals surface area contributed by atoms with Gasteiger partial charge in [-0.05, 0) is 37.5 Å². The Balaban J connectivity index is 2.48. The summed E-state index contributed by atoms with van der Waals surface area (Å²) in [5.41, 5.74) is 0.731. The molecule has 166 valence electrons. The number of carboxylic acids is 1. The highest BCUT2D eigenvalue weighted by atomic mass is 32.2. The molecule has 1 rings (SSSR count). The lowest BCUT2D eigenvalue weighted by atomic mass is 10.0. The lowest BCUT2D eigenvalue weighted by molar-refractivity contribution is -0.137. The van der Waals surface area contributed by atoms with Crippen molar-refractivity contribution < 1.29 is 36.7 Å². The summed E-state index contributed by atoms with van der Waals surface area (Å²) in [6.45, 7) is 4.52. The Hall–Kier alpha value is -1.68. The minimum Gasteiger partial charge on any atom is -0.491 e. The van der Waals surface area contributed by atoms with Gasteiger partial charge in [-0.1, -0.05) is 25.0 Å². The van der Waals surface area contributed by atoms with Gasteiger partial charge in [0.05, 0.1) is 26.1 Å². The van der Waals surface area contributed by atoms with E-state index >= 15 is 0 Å². The van der Waals surface area contributed by atoms with E-state index in [0.29, 0.717) is 64.5 Å². The molecule has 0 heterocycles. The second-order valence-electron chi connectivity index (χ2n) is 6.51. The lowest BCUT2D eigenvalue weighted by Crippen LogP contribution is -2.12. The minimum atomic E-state index is -3.62. The molecular formula is C20H32O8S. The molecule has 29 heavy (non-hydrogen) atoms. The molecule has 0 spiro atoms. The molecule has 8 nitrogen and oxygen atoms in total. The largest absolute Gasteiger partial charge is 0.491 e. The summed E-state index contributed by atoms with van der Waals surface area (Å²) in [4.78, 5) is 10.6. The van der Waals surface area contributed by atoms with E-state index in [1.807, 2.05) is 6.92 Å². The molecule has 0 saturated heterocycles. The van der Waals surface area contributed by atoms with Crippen molar-refractivity contribution in [2.24, 2.45) is 0 Å². The summed E-state index contributed by atoms with van der Waals surface area (Å²) in [6, 6.07) is 7.08. The maximum absolute atomic E-state index is 11.6. The highest BCUT2D eigenvalue weighted by molar-refractivity contribution is 7.86. The fourth-order valence-electron chi connectivity index (χ4n) is 2.63. The molecule has 0 aliphatic rings. The van der Waals surface area contributed by atoms with Gasteiger partial charge in [-0.2, -0.15) is 8.42 Å². The van der Waals surface area contributed by atoms with Crippen molar-refractivity contribution in [3.05, 3.63) is 29.8 Å². The first-order valence-electron chi connectivity index (χ1n) is 9.80. The van der Waals surface area contributed by atoms with E-state index in [9.17, 15) is 13.2 Å². The summed E-state index contributed by atoms with van der Waals surface area (Å²) < 4.78 is 44.5. The van der Waals surface area contributed by atoms with E-state index in [1.54, 1.807) is 24.3 Å². The molecule has 0 aliphatic carbocycles. The number of carbonyl (C=O) groups is 1. The monoisotopic (exact) mass is 432 g/mol. The first-order valence-corrected chi connectivity index (χ1v) is 11.6. The topological polar surface area (TPSA) is 108 Å². The molecule has 1 atom stereocenters. The zero-order chi connectivity index (χ0) is 21.5. The van der Waals surface area contributed by atoms with Crippen molar-refractivity contribution in [3.63, 3.8) is 0 Å². The molecule has 1 aromatic rings. The molecule has 1 N–H and O–H groups in total. The Morgan fingerprint density at radius 3 is 2.28 bits per heavy atom. The molecule has 1 unspecified atom stereocenters. The van der Waals surface area contributed by atoms with Crippen LogP contribution >= 0.6 is 0 Å². The SMILES string of the molecule is CCOCCOCCOc1ccc(C(CCCCCC(=O)O)OS(C)(=O)=O)cc1. The first-order chi connectivity index (χ1) is 13.8. The molecule has 0 aliphatic heterocycles. The Labute approximate surface area is 173 Å². The molecule has 0 radical (unpaired) electrons. The van der Waals surface area contributed by atoms with Crippen molar-refractivity contribution in [1.82, 2.24) is 0 Å². The number of rotatable bonds is 17. The maximum Gasteiger partial charge on any atom is 0.303 e. The molecule has 0 bridgehead atoms. The third kappa shape index (κ3) is 13.2. The van der Waals surface area contributed by atoms with Gasteiger partial charge in [-0.15, -0.1) is 0 Å². The maximum atomic E-state index is 11.6. The van der Waals surface area contributed by atoms with Gasteiger partial charge in [-0.25, -0.2) is 0 Å². The van der Waals surface area contributed by atoms with Crippen molar-refractivity contribution >= 4 is 16.1 Å². The van der Waals surface area contributed by atoms with Gasteiger partial charge in [-0.3, -0.25) is 8.98 Å². The van der Waals surface area contributed by atoms with Crippen molar-refractivity contribution in [1.29, 1.82) is 0 Å². The normalized spacial score (nSPS) is 12.6. The molecule has 0 saturated carbocycles. The standard InChI is InChI=1S/C20H32O8S/c1-3-25-13-14-26-15-16-27-18-11-9-17(10-12-18)19(28-29(2,23)24)7-5-4-6-8-20(21)22/h9-12,19H,3-8,13-16H2,1-2H3,(H,21,22). The number of aliphatic carboxylic acids is 1. The smallest absolute Gasteiger partial charge is 0.303 e. The van der Waals surface area contributed by atoms with E-state index in [0.717, 1.165) is 11.8 Å². The number of ether oxygens (including phenoxy) is 3. The highest BCUT2D eigenvalue weighted by Gasteiger charge is 2.18. The summed E-state index contributed by atoms with van der Waals surface area (Å²) >= 11 is 0. The Bertz CT molecular complexity index is 672. The van der Waals surface area contributed by atoms with Crippen LogP contribution in [0.3, 0.4) is 0 Å². The second-order valence-corrected chi connectivity index (χ2v) is 8.11. The predicted molar refractivity (Wildman–Crippen MR) is 109 cm³/mol. The van der Waals surface area contributed by atoms with E-state index in [-0.39, 0.29) is 6.42 Å². The van der Waals surface area contributed by atoms with E-state index in [2.05, 4.69) is 0 Å². The second kappa shape index (κ2) is 14.3. The van der Waals surface area contributed by atoms with Crippen LogP contribution in [0.2, 0.25) is 0 Å². The Morgan fingerprint density at radius 2 is 1.66 bits per heavy atom. The van der Waals surface area contributed by atoms with Crippen molar-refractivity contribution in [3.8, 4) is 5.75 Å². The minimum absolute atomic E-state index is 0.110. The lowest BCUT2D eigenvalue weighted by Gasteiger charge is -2.17. The Kier molecular flexibility index (Phi) is 12.5. The molecular weight excluding hydrogens is 400 g/mol. The number of unbranched alkanes of at least 4 members (excludes halogenated alkanes) is 2. The van der Waals surface area contributed by atoms with Crippen LogP contribution in [0, 0.1) is 0 Å². The van der Waals surface area contributed by atoms with E-state index in [1.165, 1.54) is 0 Å². The third-order valence-electron chi connectivity index (χ3n) is 3.97. The molecule has 0 amide bonds. The van der Waals surface area contributed by atoms with Crippen LogP contribution in [0.15, 0.2) is 24.3 Å².